The lowest BCUT2D eigenvalue weighted by molar-refractivity contribution is 0.213. The number of likely N-dealkylation sites (tertiary alicyclic amines) is 1. The van der Waals surface area contributed by atoms with Gasteiger partial charge in [-0.1, -0.05) is 42.5 Å². The Morgan fingerprint density at radius 3 is 2.60 bits per heavy atom. The van der Waals surface area contributed by atoms with Crippen LogP contribution >= 0.6 is 0 Å². The van der Waals surface area contributed by atoms with E-state index in [4.69, 9.17) is 0 Å². The minimum Gasteiger partial charge on any atom is -0.290 e. The van der Waals surface area contributed by atoms with Crippen LogP contribution in [0, 0.1) is 5.92 Å². The van der Waals surface area contributed by atoms with Crippen molar-refractivity contribution in [3.63, 3.8) is 0 Å². The summed E-state index contributed by atoms with van der Waals surface area (Å²) in [6.07, 6.45) is 6.11. The van der Waals surface area contributed by atoms with Crippen molar-refractivity contribution in [3.05, 3.63) is 48.0 Å². The predicted molar refractivity (Wildman–Crippen MR) is 62.6 cm³/mol. The molecule has 1 aromatic carbocycles. The van der Waals surface area contributed by atoms with Crippen molar-refractivity contribution in [2.75, 3.05) is 6.54 Å². The summed E-state index contributed by atoms with van der Waals surface area (Å²) in [6, 6.07) is 12.1. The maximum atomic E-state index is 2.62. The highest BCUT2D eigenvalue weighted by molar-refractivity contribution is 5.22. The molecule has 1 heterocycles. The third-order valence-electron chi connectivity index (χ3n) is 3.80. The third-order valence-corrected chi connectivity index (χ3v) is 3.80. The molecule has 0 radical (unpaired) electrons. The van der Waals surface area contributed by atoms with Gasteiger partial charge in [-0.15, -0.1) is 0 Å². The lowest BCUT2D eigenvalue weighted by atomic mass is 10.1. The number of nitrogens with zero attached hydrogens (tertiary/aromatic N) is 1. The molecule has 1 aromatic rings. The Morgan fingerprint density at radius 2 is 2.00 bits per heavy atom. The van der Waals surface area contributed by atoms with Gasteiger partial charge in [0.25, 0.3) is 0 Å². The van der Waals surface area contributed by atoms with E-state index in [1.165, 1.54) is 18.5 Å². The van der Waals surface area contributed by atoms with Gasteiger partial charge in [-0.05, 0) is 24.8 Å². The summed E-state index contributed by atoms with van der Waals surface area (Å²) < 4.78 is 0. The number of hydrogen-bond acceptors (Lipinski definition) is 1. The van der Waals surface area contributed by atoms with Gasteiger partial charge in [0.1, 0.15) is 0 Å². The van der Waals surface area contributed by atoms with E-state index in [9.17, 15) is 0 Å². The first-order valence-electron chi connectivity index (χ1n) is 5.83. The minimum absolute atomic E-state index is 0.561. The van der Waals surface area contributed by atoms with Gasteiger partial charge in [0, 0.05) is 18.6 Å². The summed E-state index contributed by atoms with van der Waals surface area (Å²) in [5.41, 5.74) is 1.44. The molecule has 3 rings (SSSR count). The molecule has 0 N–H and O–H groups in total. The normalized spacial score (nSPS) is 31.0. The molecular weight excluding hydrogens is 182 g/mol. The lowest BCUT2D eigenvalue weighted by Gasteiger charge is -2.30. The highest BCUT2D eigenvalue weighted by atomic mass is 15.2. The predicted octanol–water partition coefficient (Wildman–Crippen LogP) is 3.01. The molecule has 1 aliphatic heterocycles. The molecule has 1 heteroatoms. The van der Waals surface area contributed by atoms with E-state index in [0.29, 0.717) is 12.1 Å². The van der Waals surface area contributed by atoms with Crippen LogP contribution < -0.4 is 0 Å². The average Bonchev–Trinajstić information content (AvgIpc) is 2.91. The topological polar surface area (TPSA) is 3.24 Å². The van der Waals surface area contributed by atoms with E-state index in [-0.39, 0.29) is 0 Å². The molecule has 1 nitrogen and oxygen atoms in total. The van der Waals surface area contributed by atoms with Crippen molar-refractivity contribution >= 4 is 0 Å². The van der Waals surface area contributed by atoms with Crippen LogP contribution in [-0.4, -0.2) is 17.5 Å². The van der Waals surface area contributed by atoms with E-state index in [1.807, 2.05) is 0 Å². The van der Waals surface area contributed by atoms with Crippen molar-refractivity contribution in [2.45, 2.75) is 25.4 Å². The Hall–Kier alpha value is -1.08. The first-order valence-corrected chi connectivity index (χ1v) is 5.83. The standard InChI is InChI=1S/C14H17N/c1-11(13-5-3-2-4-6-13)15-10-12-7-8-14(15)9-12/h2-8,11-12,14H,9-10H2,1H3/t11-,12+,14-/m0/s1. The van der Waals surface area contributed by atoms with Gasteiger partial charge in [-0.25, -0.2) is 0 Å². The number of benzene rings is 1. The molecule has 15 heavy (non-hydrogen) atoms. The Balaban J connectivity index is 1.81. The molecule has 3 atom stereocenters. The molecule has 2 bridgehead atoms. The molecule has 1 saturated heterocycles. The number of fused-ring (bicyclic) bond motifs is 2. The second-order valence-corrected chi connectivity index (χ2v) is 4.73. The van der Waals surface area contributed by atoms with E-state index < -0.39 is 0 Å². The fraction of sp³-hybridized carbons (Fsp3) is 0.429. The highest BCUT2D eigenvalue weighted by Crippen LogP contribution is 2.37. The van der Waals surface area contributed by atoms with Crippen molar-refractivity contribution in [1.82, 2.24) is 4.90 Å². The maximum absolute atomic E-state index is 2.62. The molecule has 1 fully saturated rings. The zero-order valence-corrected chi connectivity index (χ0v) is 9.13. The van der Waals surface area contributed by atoms with Crippen molar-refractivity contribution in [1.29, 1.82) is 0 Å². The molecule has 2 aliphatic rings. The van der Waals surface area contributed by atoms with Crippen LogP contribution in [0.4, 0.5) is 0 Å². The molecule has 0 unspecified atom stereocenters. The summed E-state index contributed by atoms with van der Waals surface area (Å²) >= 11 is 0. The summed E-state index contributed by atoms with van der Waals surface area (Å²) in [5.74, 6) is 0.821. The monoisotopic (exact) mass is 199 g/mol. The largest absolute Gasteiger partial charge is 0.290 e. The van der Waals surface area contributed by atoms with Crippen molar-refractivity contribution in [3.8, 4) is 0 Å². The smallest absolute Gasteiger partial charge is 0.0326 e. The van der Waals surface area contributed by atoms with Crippen LogP contribution in [0.5, 0.6) is 0 Å². The zero-order valence-electron chi connectivity index (χ0n) is 9.13. The average molecular weight is 199 g/mol. The third kappa shape index (κ3) is 1.51. The highest BCUT2D eigenvalue weighted by Gasteiger charge is 2.36. The molecule has 0 aromatic heterocycles. The van der Waals surface area contributed by atoms with Crippen molar-refractivity contribution < 1.29 is 0 Å². The van der Waals surface area contributed by atoms with Crippen LogP contribution in [0.3, 0.4) is 0 Å². The molecule has 78 valence electrons. The van der Waals surface area contributed by atoms with Crippen LogP contribution in [-0.2, 0) is 0 Å². The second kappa shape index (κ2) is 3.49. The Bertz CT molecular complexity index is 368. The van der Waals surface area contributed by atoms with E-state index >= 15 is 0 Å². The fourth-order valence-corrected chi connectivity index (χ4v) is 2.91. The summed E-state index contributed by atoms with van der Waals surface area (Å²) in [7, 11) is 0. The van der Waals surface area contributed by atoms with Gasteiger partial charge in [-0.2, -0.15) is 0 Å². The van der Waals surface area contributed by atoms with Gasteiger partial charge < -0.3 is 0 Å². The summed E-state index contributed by atoms with van der Waals surface area (Å²) in [4.78, 5) is 2.62. The van der Waals surface area contributed by atoms with Gasteiger partial charge in [0.2, 0.25) is 0 Å². The van der Waals surface area contributed by atoms with Crippen molar-refractivity contribution in [2.24, 2.45) is 5.92 Å². The summed E-state index contributed by atoms with van der Waals surface area (Å²) in [6.45, 7) is 3.57. The quantitative estimate of drug-likeness (QED) is 0.662. The summed E-state index contributed by atoms with van der Waals surface area (Å²) in [5, 5.41) is 0. The molecular formula is C14H17N. The molecule has 0 saturated carbocycles. The van der Waals surface area contributed by atoms with Gasteiger partial charge in [0.05, 0.1) is 0 Å². The number of hydrogen-bond donors (Lipinski definition) is 0. The Labute approximate surface area is 91.4 Å². The first kappa shape index (κ1) is 9.17. The first-order chi connectivity index (χ1) is 7.34. The van der Waals surface area contributed by atoms with E-state index in [2.05, 4.69) is 54.3 Å². The number of rotatable bonds is 2. The zero-order chi connectivity index (χ0) is 10.3. The molecule has 1 aliphatic carbocycles. The lowest BCUT2D eigenvalue weighted by Crippen LogP contribution is -2.32. The second-order valence-electron chi connectivity index (χ2n) is 4.73. The Morgan fingerprint density at radius 1 is 1.20 bits per heavy atom. The van der Waals surface area contributed by atoms with Crippen LogP contribution in [0.2, 0.25) is 0 Å². The molecule has 0 spiro atoms. The fourth-order valence-electron chi connectivity index (χ4n) is 2.91. The Kier molecular flexibility index (Phi) is 2.14. The molecule has 0 amide bonds. The van der Waals surface area contributed by atoms with E-state index in [0.717, 1.165) is 5.92 Å². The van der Waals surface area contributed by atoms with E-state index in [1.54, 1.807) is 0 Å². The van der Waals surface area contributed by atoms with Crippen LogP contribution in [0.1, 0.15) is 24.9 Å². The SMILES string of the molecule is C[C@@H](c1ccccc1)N1C[C@@H]2C=C[C@H]1C2. The van der Waals surface area contributed by atoms with Crippen LogP contribution in [0.15, 0.2) is 42.5 Å². The van der Waals surface area contributed by atoms with Gasteiger partial charge >= 0.3 is 0 Å². The van der Waals surface area contributed by atoms with Gasteiger partial charge in [-0.3, -0.25) is 4.90 Å². The maximum Gasteiger partial charge on any atom is 0.0326 e. The van der Waals surface area contributed by atoms with Crippen LogP contribution in [0.25, 0.3) is 0 Å². The minimum atomic E-state index is 0.561. The van der Waals surface area contributed by atoms with Gasteiger partial charge in [0.15, 0.2) is 0 Å².